The largest absolute Gasteiger partial charge is 0.465 e. The Labute approximate surface area is 124 Å². The number of rotatable bonds is 3. The van der Waals surface area contributed by atoms with Crippen molar-refractivity contribution in [1.29, 1.82) is 0 Å². The van der Waals surface area contributed by atoms with Gasteiger partial charge in [-0.2, -0.15) is 0 Å². The number of anilines is 2. The maximum atomic E-state index is 12.0. The van der Waals surface area contributed by atoms with Crippen molar-refractivity contribution in [3.8, 4) is 0 Å². The quantitative estimate of drug-likeness (QED) is 0.581. The number of pyridine rings is 1. The van der Waals surface area contributed by atoms with Gasteiger partial charge in [0, 0.05) is 6.20 Å². The minimum Gasteiger partial charge on any atom is -0.465 e. The number of benzene rings is 1. The molecule has 8 nitrogen and oxygen atoms in total. The van der Waals surface area contributed by atoms with Gasteiger partial charge in [0.2, 0.25) is 0 Å². The van der Waals surface area contributed by atoms with Crippen LogP contribution in [-0.2, 0) is 4.74 Å². The summed E-state index contributed by atoms with van der Waals surface area (Å²) in [6, 6.07) is 8.56. The molecule has 4 N–H and O–H groups in total. The highest BCUT2D eigenvalue weighted by molar-refractivity contribution is 6.07. The number of esters is 2. The van der Waals surface area contributed by atoms with E-state index in [2.05, 4.69) is 4.98 Å². The van der Waals surface area contributed by atoms with E-state index in [4.69, 9.17) is 15.6 Å². The summed E-state index contributed by atoms with van der Waals surface area (Å²) in [7, 11) is 0. The van der Waals surface area contributed by atoms with E-state index in [0.717, 1.165) is 0 Å². The summed E-state index contributed by atoms with van der Waals surface area (Å²) in [5.74, 6) is -2.05. The smallest absolute Gasteiger partial charge is 0.409 e. The third kappa shape index (κ3) is 3.37. The van der Waals surface area contributed by atoms with Gasteiger partial charge in [0.05, 0.1) is 11.3 Å². The van der Waals surface area contributed by atoms with Crippen LogP contribution in [0, 0.1) is 0 Å². The summed E-state index contributed by atoms with van der Waals surface area (Å²) < 4.78 is 4.69. The fourth-order valence-corrected chi connectivity index (χ4v) is 1.67. The normalized spacial score (nSPS) is 9.82. The molecule has 1 heterocycles. The van der Waals surface area contributed by atoms with Crippen molar-refractivity contribution < 1.29 is 24.2 Å². The van der Waals surface area contributed by atoms with Gasteiger partial charge in [-0.25, -0.2) is 19.4 Å². The third-order valence-electron chi connectivity index (χ3n) is 2.63. The molecule has 0 aliphatic carbocycles. The van der Waals surface area contributed by atoms with Gasteiger partial charge in [0.25, 0.3) is 0 Å². The van der Waals surface area contributed by atoms with Crippen molar-refractivity contribution in [3.05, 3.63) is 53.7 Å². The van der Waals surface area contributed by atoms with Crippen molar-refractivity contribution in [2.45, 2.75) is 0 Å². The molecule has 0 fully saturated rings. The van der Waals surface area contributed by atoms with Crippen LogP contribution in [-0.4, -0.2) is 28.1 Å². The fraction of sp³-hybridized carbons (Fsp3) is 0. The zero-order chi connectivity index (χ0) is 16.1. The molecule has 0 aliphatic rings. The zero-order valence-electron chi connectivity index (χ0n) is 11.1. The fourth-order valence-electron chi connectivity index (χ4n) is 1.67. The molecule has 0 unspecified atom stereocenters. The Hall–Kier alpha value is -3.42. The van der Waals surface area contributed by atoms with Gasteiger partial charge in [-0.15, -0.1) is 0 Å². The average molecular weight is 301 g/mol. The van der Waals surface area contributed by atoms with Crippen LogP contribution in [0.5, 0.6) is 0 Å². The van der Waals surface area contributed by atoms with Gasteiger partial charge < -0.3 is 15.6 Å². The molecule has 2 aromatic rings. The third-order valence-corrected chi connectivity index (χ3v) is 2.63. The standard InChI is InChI=1S/C14H11N3O5/c15-11-9(5-3-7-16-11)13(19)22-12(18)8-4-1-2-6-10(8)17-14(20)21/h1-7,17H,(H2,15,16)(H,20,21). The number of ether oxygens (including phenoxy) is 1. The second-order valence-corrected chi connectivity index (χ2v) is 4.09. The predicted molar refractivity (Wildman–Crippen MR) is 76.5 cm³/mol. The Morgan fingerprint density at radius 1 is 1.05 bits per heavy atom. The second-order valence-electron chi connectivity index (χ2n) is 4.09. The van der Waals surface area contributed by atoms with Crippen LogP contribution in [0.4, 0.5) is 16.3 Å². The lowest BCUT2D eigenvalue weighted by molar-refractivity contribution is 0.0399. The maximum Gasteiger partial charge on any atom is 0.409 e. The summed E-state index contributed by atoms with van der Waals surface area (Å²) in [5.41, 5.74) is 5.37. The molecule has 22 heavy (non-hydrogen) atoms. The molecule has 0 radical (unpaired) electrons. The molecule has 112 valence electrons. The molecule has 0 aliphatic heterocycles. The SMILES string of the molecule is Nc1ncccc1C(=O)OC(=O)c1ccccc1NC(=O)O. The molecule has 1 aromatic heterocycles. The Bertz CT molecular complexity index is 745. The number of amides is 1. The van der Waals surface area contributed by atoms with E-state index < -0.39 is 18.0 Å². The average Bonchev–Trinajstić information content (AvgIpc) is 2.47. The molecule has 1 aromatic carbocycles. The van der Waals surface area contributed by atoms with Crippen molar-refractivity contribution in [2.75, 3.05) is 11.1 Å². The van der Waals surface area contributed by atoms with Crippen molar-refractivity contribution in [1.82, 2.24) is 4.98 Å². The Kier molecular flexibility index (Phi) is 4.33. The molecule has 1 amide bonds. The van der Waals surface area contributed by atoms with Crippen molar-refractivity contribution in [2.24, 2.45) is 0 Å². The molecule has 0 atom stereocenters. The summed E-state index contributed by atoms with van der Waals surface area (Å²) in [4.78, 5) is 38.3. The number of nitrogens with one attached hydrogen (secondary N) is 1. The van der Waals surface area contributed by atoms with Crippen LogP contribution < -0.4 is 11.1 Å². The number of para-hydroxylation sites is 1. The summed E-state index contributed by atoms with van der Waals surface area (Å²) in [6.07, 6.45) is 0.0445. The van der Waals surface area contributed by atoms with Gasteiger partial charge in [-0.1, -0.05) is 12.1 Å². The second kappa shape index (κ2) is 6.35. The molecule has 0 saturated carbocycles. The van der Waals surface area contributed by atoms with E-state index in [1.54, 1.807) is 0 Å². The number of carboxylic acid groups (broad SMARTS) is 1. The first-order chi connectivity index (χ1) is 10.5. The predicted octanol–water partition coefficient (Wildman–Crippen LogP) is 1.75. The van der Waals surface area contributed by atoms with Gasteiger partial charge in [0.15, 0.2) is 0 Å². The van der Waals surface area contributed by atoms with Crippen molar-refractivity contribution in [3.63, 3.8) is 0 Å². The topological polar surface area (TPSA) is 132 Å². The number of hydrogen-bond donors (Lipinski definition) is 3. The minimum atomic E-state index is -1.34. The van der Waals surface area contributed by atoms with Crippen molar-refractivity contribution >= 4 is 29.5 Å². The minimum absolute atomic E-state index is 0.00644. The molecular weight excluding hydrogens is 290 g/mol. The maximum absolute atomic E-state index is 12.0. The molecule has 0 spiro atoms. The highest BCUT2D eigenvalue weighted by Crippen LogP contribution is 2.17. The number of hydrogen-bond acceptors (Lipinski definition) is 6. The van der Waals surface area contributed by atoms with Gasteiger partial charge in [-0.05, 0) is 24.3 Å². The monoisotopic (exact) mass is 301 g/mol. The van der Waals surface area contributed by atoms with Gasteiger partial charge >= 0.3 is 18.0 Å². The molecule has 8 heteroatoms. The van der Waals surface area contributed by atoms with Gasteiger partial charge in [0.1, 0.15) is 11.4 Å². The van der Waals surface area contributed by atoms with E-state index >= 15 is 0 Å². The Balaban J connectivity index is 2.21. The van der Waals surface area contributed by atoms with E-state index in [9.17, 15) is 14.4 Å². The first kappa shape index (κ1) is 15.0. The zero-order valence-corrected chi connectivity index (χ0v) is 11.1. The van der Waals surface area contributed by atoms with E-state index in [-0.39, 0.29) is 22.6 Å². The van der Waals surface area contributed by atoms with Crippen LogP contribution in [0.25, 0.3) is 0 Å². The summed E-state index contributed by atoms with van der Waals surface area (Å²) in [5, 5.41) is 10.8. The number of nitrogen functional groups attached to an aromatic ring is 1. The molecular formula is C14H11N3O5. The molecule has 0 saturated heterocycles. The number of nitrogens with two attached hydrogens (primary N) is 1. The lowest BCUT2D eigenvalue weighted by Gasteiger charge is -2.08. The van der Waals surface area contributed by atoms with Crippen LogP contribution in [0.15, 0.2) is 42.6 Å². The Morgan fingerprint density at radius 3 is 2.36 bits per heavy atom. The summed E-state index contributed by atoms with van der Waals surface area (Å²) in [6.45, 7) is 0. The lowest BCUT2D eigenvalue weighted by Crippen LogP contribution is -2.17. The number of aromatic nitrogens is 1. The number of carbonyl (C=O) groups excluding carboxylic acids is 2. The highest BCUT2D eigenvalue weighted by Gasteiger charge is 2.20. The van der Waals surface area contributed by atoms with Crippen LogP contribution >= 0.6 is 0 Å². The first-order valence-electron chi connectivity index (χ1n) is 6.05. The molecule has 2 rings (SSSR count). The van der Waals surface area contributed by atoms with E-state index in [1.807, 2.05) is 5.32 Å². The van der Waals surface area contributed by atoms with Crippen LogP contribution in [0.2, 0.25) is 0 Å². The van der Waals surface area contributed by atoms with E-state index in [0.29, 0.717) is 0 Å². The number of nitrogens with zero attached hydrogens (tertiary/aromatic N) is 1. The highest BCUT2D eigenvalue weighted by atomic mass is 16.6. The van der Waals surface area contributed by atoms with Crippen LogP contribution in [0.1, 0.15) is 20.7 Å². The first-order valence-corrected chi connectivity index (χ1v) is 6.05. The summed E-state index contributed by atoms with van der Waals surface area (Å²) >= 11 is 0. The molecule has 0 bridgehead atoms. The Morgan fingerprint density at radius 2 is 1.68 bits per heavy atom. The van der Waals surface area contributed by atoms with Gasteiger partial charge in [-0.3, -0.25) is 5.32 Å². The number of carbonyl (C=O) groups is 3. The van der Waals surface area contributed by atoms with Crippen LogP contribution in [0.3, 0.4) is 0 Å². The lowest BCUT2D eigenvalue weighted by atomic mass is 10.2. The van der Waals surface area contributed by atoms with E-state index in [1.165, 1.54) is 42.6 Å².